The second-order valence-electron chi connectivity index (χ2n) is 8.98. The highest BCUT2D eigenvalue weighted by Gasteiger charge is 2.36. The van der Waals surface area contributed by atoms with Crippen LogP contribution in [0.25, 0.3) is 22.8 Å². The van der Waals surface area contributed by atoms with Crippen LogP contribution in [0.2, 0.25) is 0 Å². The van der Waals surface area contributed by atoms with Crippen molar-refractivity contribution in [3.05, 3.63) is 83.5 Å². The van der Waals surface area contributed by atoms with Crippen LogP contribution in [-0.4, -0.2) is 39.7 Å². The molecule has 0 amide bonds. The lowest BCUT2D eigenvalue weighted by molar-refractivity contribution is -0.139. The number of hydrogen-bond donors (Lipinski definition) is 1. The lowest BCUT2D eigenvalue weighted by Crippen LogP contribution is -2.28. The topological polar surface area (TPSA) is 79.5 Å². The minimum absolute atomic E-state index is 0.00665. The van der Waals surface area contributed by atoms with Gasteiger partial charge in [0.1, 0.15) is 0 Å². The molecule has 188 valence electrons. The average Bonchev–Trinajstić information content (AvgIpc) is 3.33. The molecule has 4 rings (SSSR count). The number of rotatable bonds is 7. The molecular formula is C27H26F3N3O3. The Bertz CT molecular complexity index is 1300. The first-order chi connectivity index (χ1) is 17.0. The summed E-state index contributed by atoms with van der Waals surface area (Å²) in [7, 11) is 1.72. The van der Waals surface area contributed by atoms with Gasteiger partial charge in [0, 0.05) is 23.1 Å². The molecule has 0 bridgehead atoms. The highest BCUT2D eigenvalue weighted by atomic mass is 19.4. The number of carboxylic acids is 1. The lowest BCUT2D eigenvalue weighted by Gasteiger charge is -2.24. The Balaban J connectivity index is 1.60. The summed E-state index contributed by atoms with van der Waals surface area (Å²) in [6.07, 6.45) is 2.73. The standard InChI is InChI=1S/C27H26F3N3O3/c1-16-6-4-5-7-21(16)22-13-12-20(14-23(22)27(28,29)30)26-31-25(32-36-26)19-10-8-18(9-11-19)17(2)33(3)15-24(34)35/h4-14,16-17,21H,15H2,1-3H3,(H,34,35)/t16?,17-,21?/m0/s1. The Labute approximate surface area is 206 Å². The van der Waals surface area contributed by atoms with Gasteiger partial charge in [0.25, 0.3) is 5.89 Å². The van der Waals surface area contributed by atoms with Gasteiger partial charge in [-0.2, -0.15) is 18.2 Å². The smallest absolute Gasteiger partial charge is 0.416 e. The molecule has 0 spiro atoms. The third kappa shape index (κ3) is 5.41. The Hall–Kier alpha value is -3.72. The number of carbonyl (C=O) groups is 1. The Kier molecular flexibility index (Phi) is 7.12. The summed E-state index contributed by atoms with van der Waals surface area (Å²) in [5.41, 5.74) is 1.20. The minimum atomic E-state index is -4.54. The van der Waals surface area contributed by atoms with Gasteiger partial charge in [0.15, 0.2) is 0 Å². The Morgan fingerprint density at radius 1 is 1.11 bits per heavy atom. The number of likely N-dealkylation sites (N-methyl/N-ethyl adjacent to an activating group) is 1. The number of allylic oxidation sites excluding steroid dienone is 4. The molecule has 3 atom stereocenters. The Morgan fingerprint density at radius 2 is 1.78 bits per heavy atom. The summed E-state index contributed by atoms with van der Waals surface area (Å²) in [6, 6.07) is 11.2. The van der Waals surface area contributed by atoms with E-state index in [9.17, 15) is 18.0 Å². The van der Waals surface area contributed by atoms with E-state index in [1.807, 2.05) is 38.1 Å². The molecule has 36 heavy (non-hydrogen) atoms. The van der Waals surface area contributed by atoms with Crippen LogP contribution in [0.3, 0.4) is 0 Å². The van der Waals surface area contributed by atoms with Crippen molar-refractivity contribution in [1.29, 1.82) is 0 Å². The van der Waals surface area contributed by atoms with Gasteiger partial charge >= 0.3 is 12.1 Å². The van der Waals surface area contributed by atoms with Crippen molar-refractivity contribution >= 4 is 5.97 Å². The predicted molar refractivity (Wildman–Crippen MR) is 129 cm³/mol. The van der Waals surface area contributed by atoms with E-state index < -0.39 is 17.7 Å². The molecule has 1 heterocycles. The van der Waals surface area contributed by atoms with Gasteiger partial charge in [-0.1, -0.05) is 66.7 Å². The molecule has 9 heteroatoms. The van der Waals surface area contributed by atoms with Crippen LogP contribution in [-0.2, 0) is 11.0 Å². The SMILES string of the molecule is CC1C=CC=CC1c1ccc(-c2nc(-c3ccc([C@H](C)N(C)CC(=O)O)cc3)no2)cc1C(F)(F)F. The third-order valence-corrected chi connectivity index (χ3v) is 6.50. The number of carboxylic acid groups (broad SMARTS) is 1. The monoisotopic (exact) mass is 497 g/mol. The van der Waals surface area contributed by atoms with Gasteiger partial charge in [-0.15, -0.1) is 0 Å². The lowest BCUT2D eigenvalue weighted by atomic mass is 9.81. The van der Waals surface area contributed by atoms with Gasteiger partial charge in [-0.3, -0.25) is 9.69 Å². The van der Waals surface area contributed by atoms with Gasteiger partial charge in [0.05, 0.1) is 12.1 Å². The fourth-order valence-corrected chi connectivity index (χ4v) is 4.30. The number of alkyl halides is 3. The maximum absolute atomic E-state index is 14.0. The van der Waals surface area contributed by atoms with Crippen LogP contribution in [0.4, 0.5) is 13.2 Å². The van der Waals surface area contributed by atoms with E-state index in [0.717, 1.165) is 11.6 Å². The number of benzene rings is 2. The first-order valence-corrected chi connectivity index (χ1v) is 11.5. The summed E-state index contributed by atoms with van der Waals surface area (Å²) in [5, 5.41) is 12.9. The van der Waals surface area contributed by atoms with Crippen molar-refractivity contribution in [3.8, 4) is 22.8 Å². The number of halogens is 3. The highest BCUT2D eigenvalue weighted by Crippen LogP contribution is 2.41. The summed E-state index contributed by atoms with van der Waals surface area (Å²) < 4.78 is 47.3. The molecular weight excluding hydrogens is 471 g/mol. The van der Waals surface area contributed by atoms with Crippen molar-refractivity contribution < 1.29 is 27.6 Å². The molecule has 0 radical (unpaired) electrons. The van der Waals surface area contributed by atoms with Crippen molar-refractivity contribution in [2.75, 3.05) is 13.6 Å². The highest BCUT2D eigenvalue weighted by molar-refractivity contribution is 5.69. The molecule has 1 aromatic heterocycles. The maximum atomic E-state index is 14.0. The van der Waals surface area contributed by atoms with E-state index in [2.05, 4.69) is 10.1 Å². The van der Waals surface area contributed by atoms with Crippen molar-refractivity contribution in [3.63, 3.8) is 0 Å². The number of aromatic nitrogens is 2. The summed E-state index contributed by atoms with van der Waals surface area (Å²) in [5.74, 6) is -1.12. The van der Waals surface area contributed by atoms with Crippen LogP contribution >= 0.6 is 0 Å². The van der Waals surface area contributed by atoms with E-state index in [-0.39, 0.29) is 47.3 Å². The second-order valence-corrected chi connectivity index (χ2v) is 8.98. The fourth-order valence-electron chi connectivity index (χ4n) is 4.30. The van der Waals surface area contributed by atoms with Gasteiger partial charge in [-0.05, 0) is 43.1 Å². The van der Waals surface area contributed by atoms with E-state index in [1.165, 1.54) is 6.07 Å². The largest absolute Gasteiger partial charge is 0.480 e. The average molecular weight is 498 g/mol. The van der Waals surface area contributed by atoms with E-state index in [1.54, 1.807) is 42.3 Å². The molecule has 2 aromatic carbocycles. The van der Waals surface area contributed by atoms with Gasteiger partial charge in [-0.25, -0.2) is 0 Å². The Morgan fingerprint density at radius 3 is 2.42 bits per heavy atom. The molecule has 1 aliphatic rings. The molecule has 1 N–H and O–H groups in total. The molecule has 2 unspecified atom stereocenters. The molecule has 0 aliphatic heterocycles. The van der Waals surface area contributed by atoms with Crippen LogP contribution in [0.5, 0.6) is 0 Å². The van der Waals surface area contributed by atoms with Gasteiger partial charge in [0.2, 0.25) is 5.82 Å². The first-order valence-electron chi connectivity index (χ1n) is 11.5. The molecule has 1 aliphatic carbocycles. The zero-order valence-electron chi connectivity index (χ0n) is 20.0. The van der Waals surface area contributed by atoms with Gasteiger partial charge < -0.3 is 9.63 Å². The third-order valence-electron chi connectivity index (χ3n) is 6.50. The molecule has 3 aromatic rings. The first kappa shape index (κ1) is 25.4. The summed E-state index contributed by atoms with van der Waals surface area (Å²) in [6.45, 7) is 3.69. The van der Waals surface area contributed by atoms with E-state index in [4.69, 9.17) is 9.63 Å². The summed E-state index contributed by atoms with van der Waals surface area (Å²) in [4.78, 5) is 17.0. The number of hydrogen-bond acceptors (Lipinski definition) is 5. The van der Waals surface area contributed by atoms with Crippen molar-refractivity contribution in [1.82, 2.24) is 15.0 Å². The predicted octanol–water partition coefficient (Wildman–Crippen LogP) is 6.35. The van der Waals surface area contributed by atoms with Crippen LogP contribution in [0.1, 0.15) is 42.5 Å². The molecule has 0 fully saturated rings. The summed E-state index contributed by atoms with van der Waals surface area (Å²) >= 11 is 0. The number of nitrogens with zero attached hydrogens (tertiary/aromatic N) is 3. The van der Waals surface area contributed by atoms with Crippen LogP contribution in [0.15, 0.2) is 71.3 Å². The fraction of sp³-hybridized carbons (Fsp3) is 0.296. The van der Waals surface area contributed by atoms with E-state index in [0.29, 0.717) is 5.56 Å². The molecule has 0 saturated heterocycles. The normalized spacial score (nSPS) is 18.5. The quantitative estimate of drug-likeness (QED) is 0.410. The number of aliphatic carboxylic acids is 1. The van der Waals surface area contributed by atoms with Crippen molar-refractivity contribution in [2.24, 2.45) is 5.92 Å². The van der Waals surface area contributed by atoms with Crippen molar-refractivity contribution in [2.45, 2.75) is 32.0 Å². The zero-order valence-corrected chi connectivity index (χ0v) is 20.0. The minimum Gasteiger partial charge on any atom is -0.480 e. The van der Waals surface area contributed by atoms with Crippen LogP contribution in [0, 0.1) is 5.92 Å². The molecule has 0 saturated carbocycles. The zero-order chi connectivity index (χ0) is 26.0. The maximum Gasteiger partial charge on any atom is 0.416 e. The molecule has 6 nitrogen and oxygen atoms in total. The van der Waals surface area contributed by atoms with Crippen LogP contribution < -0.4 is 0 Å². The second kappa shape index (κ2) is 10.1. The van der Waals surface area contributed by atoms with E-state index >= 15 is 0 Å².